The summed E-state index contributed by atoms with van der Waals surface area (Å²) < 4.78 is 21.9. The van der Waals surface area contributed by atoms with Crippen molar-refractivity contribution in [1.29, 1.82) is 0 Å². The fourth-order valence-electron chi connectivity index (χ4n) is 4.47. The third kappa shape index (κ3) is 24.0. The number of hydrogen-bond acceptors (Lipinski definition) is 10. The minimum atomic E-state index is -0.738. The van der Waals surface area contributed by atoms with Gasteiger partial charge in [0.05, 0.1) is 65.9 Å². The summed E-state index contributed by atoms with van der Waals surface area (Å²) in [5.41, 5.74) is -0.829. The first kappa shape index (κ1) is 52.0. The maximum Gasteiger partial charge on any atom is 0.314 e. The number of Topliss-reactive ketones (excluding diaryl/α,β-unsaturated/α-hetero) is 1. The second-order valence-electron chi connectivity index (χ2n) is 14.5. The molecule has 1 fully saturated rings. The topological polar surface area (TPSA) is 191 Å². The van der Waals surface area contributed by atoms with E-state index in [1.807, 2.05) is 55.4 Å². The van der Waals surface area contributed by atoms with Crippen LogP contribution in [0.15, 0.2) is 0 Å². The minimum absolute atomic E-state index is 0.0764. The molecule has 310 valence electrons. The molecule has 0 spiro atoms. The van der Waals surface area contributed by atoms with Gasteiger partial charge in [0, 0.05) is 38.3 Å². The van der Waals surface area contributed by atoms with E-state index in [1.165, 1.54) is 4.90 Å². The Hall–Kier alpha value is -3.14. The van der Waals surface area contributed by atoms with Gasteiger partial charge in [-0.1, -0.05) is 76.2 Å². The van der Waals surface area contributed by atoms with E-state index in [0.717, 1.165) is 13.0 Å². The van der Waals surface area contributed by atoms with Crippen molar-refractivity contribution in [3.63, 3.8) is 0 Å². The quantitative estimate of drug-likeness (QED) is 0.0887. The molecule has 0 aromatic carbocycles. The Labute approximate surface area is 319 Å². The Morgan fingerprint density at radius 1 is 0.792 bits per heavy atom. The molecular weight excluding hydrogens is 686 g/mol. The molecule has 1 aliphatic rings. The van der Waals surface area contributed by atoms with Gasteiger partial charge in [0.15, 0.2) is 5.78 Å². The van der Waals surface area contributed by atoms with E-state index >= 15 is 0 Å². The molecule has 1 saturated heterocycles. The van der Waals surface area contributed by atoms with Crippen molar-refractivity contribution < 1.29 is 47.7 Å². The predicted molar refractivity (Wildman–Crippen MR) is 205 cm³/mol. The first-order valence-corrected chi connectivity index (χ1v) is 19.1. The highest BCUT2D eigenvalue weighted by molar-refractivity contribution is 5.98. The minimum Gasteiger partial charge on any atom is -0.379 e. The van der Waals surface area contributed by atoms with E-state index in [1.54, 1.807) is 27.8 Å². The second kappa shape index (κ2) is 29.2. The van der Waals surface area contributed by atoms with E-state index in [0.29, 0.717) is 52.5 Å². The van der Waals surface area contributed by atoms with Crippen molar-refractivity contribution in [3.8, 4) is 0 Å². The van der Waals surface area contributed by atoms with Crippen LogP contribution in [0.1, 0.15) is 102 Å². The number of nitrogens with one attached hydrogen (secondary N) is 4. The fourth-order valence-corrected chi connectivity index (χ4v) is 4.47. The number of likely N-dealkylation sites (tertiary alicyclic amines) is 1. The lowest BCUT2D eigenvalue weighted by molar-refractivity contribution is -0.155. The predicted octanol–water partition coefficient (Wildman–Crippen LogP) is 3.48. The molecule has 0 aromatic heterocycles. The summed E-state index contributed by atoms with van der Waals surface area (Å²) in [5.74, 6) is -0.937. The van der Waals surface area contributed by atoms with Gasteiger partial charge in [-0.15, -0.1) is 0 Å². The first-order chi connectivity index (χ1) is 24.9. The molecule has 0 radical (unpaired) electrons. The Balaban J connectivity index is 0. The first-order valence-electron chi connectivity index (χ1n) is 19.1. The number of ether oxygens (including phenoxy) is 4. The lowest BCUT2D eigenvalue weighted by Crippen LogP contribution is -2.51. The van der Waals surface area contributed by atoms with Crippen LogP contribution in [0.5, 0.6) is 0 Å². The number of amides is 6. The van der Waals surface area contributed by atoms with Crippen molar-refractivity contribution in [2.75, 3.05) is 79.5 Å². The van der Waals surface area contributed by atoms with Crippen molar-refractivity contribution in [2.24, 2.45) is 22.7 Å². The van der Waals surface area contributed by atoms with Gasteiger partial charge in [-0.05, 0) is 23.7 Å². The Morgan fingerprint density at radius 2 is 1.26 bits per heavy atom. The van der Waals surface area contributed by atoms with E-state index in [-0.39, 0.29) is 85.4 Å². The van der Waals surface area contributed by atoms with Crippen LogP contribution in [0, 0.1) is 22.7 Å². The van der Waals surface area contributed by atoms with Crippen LogP contribution in [0.3, 0.4) is 0 Å². The molecule has 53 heavy (non-hydrogen) atoms. The maximum absolute atomic E-state index is 12.5. The molecular formula is C38H73N5O10. The molecule has 1 unspecified atom stereocenters. The van der Waals surface area contributed by atoms with Gasteiger partial charge in [0.25, 0.3) is 0 Å². The molecule has 15 heteroatoms. The van der Waals surface area contributed by atoms with Gasteiger partial charge in [0.2, 0.25) is 23.6 Å². The van der Waals surface area contributed by atoms with Gasteiger partial charge < -0.3 is 40.2 Å². The maximum atomic E-state index is 12.5. The molecule has 0 aliphatic carbocycles. The summed E-state index contributed by atoms with van der Waals surface area (Å²) >= 11 is 0. The number of hydrogen-bond donors (Lipinski definition) is 4. The SMILES string of the molecule is CC.CC(C)C(NC(=O)CCOCCOCCOCCOCCN1C(=O)CC(C)(C(C)C)CC1=O)C(=O)NCC(=O)C(C)(C)C.CCCNC(=O)NC. The summed E-state index contributed by atoms with van der Waals surface area (Å²) in [6.07, 6.45) is 1.83. The zero-order valence-electron chi connectivity index (χ0n) is 34.9. The average molecular weight is 760 g/mol. The van der Waals surface area contributed by atoms with Crippen molar-refractivity contribution in [1.82, 2.24) is 26.2 Å². The monoisotopic (exact) mass is 760 g/mol. The van der Waals surface area contributed by atoms with Crippen molar-refractivity contribution in [3.05, 3.63) is 0 Å². The van der Waals surface area contributed by atoms with Crippen molar-refractivity contribution in [2.45, 2.75) is 108 Å². The van der Waals surface area contributed by atoms with Crippen molar-refractivity contribution >= 4 is 35.4 Å². The highest BCUT2D eigenvalue weighted by Crippen LogP contribution is 2.39. The van der Waals surface area contributed by atoms with Gasteiger partial charge >= 0.3 is 6.03 Å². The van der Waals surface area contributed by atoms with Gasteiger partial charge in [0.1, 0.15) is 6.04 Å². The highest BCUT2D eigenvalue weighted by atomic mass is 16.6. The van der Waals surface area contributed by atoms with Gasteiger partial charge in [-0.25, -0.2) is 4.79 Å². The third-order valence-electron chi connectivity index (χ3n) is 8.44. The van der Waals surface area contributed by atoms with Crippen LogP contribution >= 0.6 is 0 Å². The van der Waals surface area contributed by atoms with Crippen LogP contribution in [0.4, 0.5) is 4.79 Å². The number of ketones is 1. The van der Waals surface area contributed by atoms with Crippen LogP contribution in [0.25, 0.3) is 0 Å². The normalized spacial score (nSPS) is 14.4. The van der Waals surface area contributed by atoms with Gasteiger partial charge in [-0.3, -0.25) is 28.9 Å². The Kier molecular flexibility index (Phi) is 28.7. The number of urea groups is 1. The summed E-state index contributed by atoms with van der Waals surface area (Å²) in [5, 5.41) is 10.4. The fraction of sp³-hybridized carbons (Fsp3) is 0.842. The largest absolute Gasteiger partial charge is 0.379 e. The highest BCUT2D eigenvalue weighted by Gasteiger charge is 2.42. The Morgan fingerprint density at radius 3 is 1.68 bits per heavy atom. The molecule has 1 heterocycles. The molecule has 1 rings (SSSR count). The molecule has 1 aliphatic heterocycles. The van der Waals surface area contributed by atoms with Crippen LogP contribution < -0.4 is 21.3 Å². The van der Waals surface area contributed by atoms with E-state index in [2.05, 4.69) is 21.3 Å². The van der Waals surface area contributed by atoms with Gasteiger partial charge in [-0.2, -0.15) is 0 Å². The number of carbonyl (C=O) groups is 6. The number of piperidine rings is 1. The summed E-state index contributed by atoms with van der Waals surface area (Å²) in [4.78, 5) is 73.3. The lowest BCUT2D eigenvalue weighted by Gasteiger charge is -2.40. The average Bonchev–Trinajstić information content (AvgIpc) is 3.09. The number of rotatable bonds is 23. The van der Waals surface area contributed by atoms with E-state index in [4.69, 9.17) is 18.9 Å². The molecule has 6 amide bonds. The molecule has 0 bridgehead atoms. The number of nitrogens with zero attached hydrogens (tertiary/aromatic N) is 1. The molecule has 0 aromatic rings. The molecule has 1 atom stereocenters. The van der Waals surface area contributed by atoms with Crippen LogP contribution in [0.2, 0.25) is 0 Å². The lowest BCUT2D eigenvalue weighted by atomic mass is 9.71. The summed E-state index contributed by atoms with van der Waals surface area (Å²) in [6.45, 7) is 24.6. The standard InChI is InChI=1S/C31H55N3O9.C5H12N2O.C2H6/c1-22(2)28(29(39)32-21-24(35)30(5,6)7)33-25(36)9-11-40-13-15-42-17-18-43-16-14-41-12-10-34-26(37)19-31(8,23(3)4)20-27(34)38;1-3-4-7-5(8)6-2;1-2/h22-23,28H,9-21H2,1-8H3,(H,32,39)(H,33,36);3-4H2,1-2H3,(H2,6,7,8);1-2H3. The number of carbonyl (C=O) groups excluding carboxylic acids is 6. The van der Waals surface area contributed by atoms with Crippen LogP contribution in [-0.2, 0) is 42.9 Å². The molecule has 4 N–H and O–H groups in total. The number of imide groups is 1. The zero-order valence-corrected chi connectivity index (χ0v) is 34.9. The molecule has 15 nitrogen and oxygen atoms in total. The van der Waals surface area contributed by atoms with E-state index < -0.39 is 11.5 Å². The smallest absolute Gasteiger partial charge is 0.314 e. The Bertz CT molecular complexity index is 1060. The van der Waals surface area contributed by atoms with Crippen LogP contribution in [-0.4, -0.2) is 126 Å². The third-order valence-corrected chi connectivity index (χ3v) is 8.44. The molecule has 0 saturated carbocycles. The summed E-state index contributed by atoms with van der Waals surface area (Å²) in [7, 11) is 1.60. The summed E-state index contributed by atoms with van der Waals surface area (Å²) in [6, 6.07) is -0.842. The zero-order chi connectivity index (χ0) is 41.0. The van der Waals surface area contributed by atoms with E-state index in [9.17, 15) is 28.8 Å². The second-order valence-corrected chi connectivity index (χ2v) is 14.5.